The molecule has 0 unspecified atom stereocenters. The maximum Gasteiger partial charge on any atom is 0.281 e. The van der Waals surface area contributed by atoms with E-state index in [1.165, 1.54) is 4.90 Å². The number of amides is 1. The summed E-state index contributed by atoms with van der Waals surface area (Å²) in [4.78, 5) is 17.9. The van der Waals surface area contributed by atoms with Crippen LogP contribution in [0.1, 0.15) is 5.56 Å². The normalized spacial score (nSPS) is 16.6. The molecule has 1 fully saturated rings. The molecule has 4 nitrogen and oxygen atoms in total. The summed E-state index contributed by atoms with van der Waals surface area (Å²) in [6.45, 7) is 0. The number of thiocarbonyl (C=S) groups is 1. The van der Waals surface area contributed by atoms with Gasteiger partial charge in [-0.25, -0.2) is 0 Å². The van der Waals surface area contributed by atoms with Gasteiger partial charge in [0.25, 0.3) is 5.91 Å². The highest BCUT2D eigenvalue weighted by molar-refractivity contribution is 7.80. The lowest BCUT2D eigenvalue weighted by Crippen LogP contribution is -2.30. The number of para-hydroxylation sites is 1. The van der Waals surface area contributed by atoms with Crippen molar-refractivity contribution in [2.45, 2.75) is 0 Å². The summed E-state index contributed by atoms with van der Waals surface area (Å²) in [6, 6.07) is 13.0. The Hall–Kier alpha value is -2.53. The molecule has 0 atom stereocenters. The van der Waals surface area contributed by atoms with Crippen molar-refractivity contribution in [1.29, 1.82) is 0 Å². The molecule has 1 amide bonds. The Bertz CT molecular complexity index is 683. The first-order chi connectivity index (χ1) is 9.75. The number of hydrogen-bond acceptors (Lipinski definition) is 3. The minimum absolute atomic E-state index is 0.162. The van der Waals surface area contributed by atoms with Crippen LogP contribution >= 0.6 is 12.2 Å². The molecule has 0 radical (unpaired) electrons. The Morgan fingerprint density at radius 1 is 1.15 bits per heavy atom. The van der Waals surface area contributed by atoms with E-state index in [1.807, 2.05) is 42.5 Å². The van der Waals surface area contributed by atoms with Crippen LogP contribution < -0.4 is 10.2 Å². The number of aromatic nitrogens is 1. The molecule has 0 spiro atoms. The molecule has 1 N–H and O–H groups in total. The van der Waals surface area contributed by atoms with Gasteiger partial charge in [-0.05, 0) is 42.1 Å². The standard InChI is InChI=1S/C15H11N3OS/c19-14-13(9-11-5-4-8-16-10-11)17-15(20)18(14)12-6-2-1-3-7-12/h1-10H,(H,17,20)/b13-9+. The second-order valence-electron chi connectivity index (χ2n) is 4.25. The van der Waals surface area contributed by atoms with Crippen LogP contribution in [0.25, 0.3) is 6.08 Å². The third-order valence-electron chi connectivity index (χ3n) is 2.89. The Morgan fingerprint density at radius 2 is 1.95 bits per heavy atom. The number of benzene rings is 1. The number of nitrogens with zero attached hydrogens (tertiary/aromatic N) is 2. The molecule has 1 aromatic heterocycles. The van der Waals surface area contributed by atoms with E-state index in [1.54, 1.807) is 18.5 Å². The van der Waals surface area contributed by atoms with Crippen LogP contribution in [0.4, 0.5) is 5.69 Å². The quantitative estimate of drug-likeness (QED) is 0.678. The minimum atomic E-state index is -0.162. The summed E-state index contributed by atoms with van der Waals surface area (Å²) in [5.41, 5.74) is 2.05. The largest absolute Gasteiger partial charge is 0.327 e. The highest BCUT2D eigenvalue weighted by Gasteiger charge is 2.31. The van der Waals surface area contributed by atoms with Gasteiger partial charge in [0.1, 0.15) is 5.70 Å². The maximum absolute atomic E-state index is 12.4. The summed E-state index contributed by atoms with van der Waals surface area (Å²) in [5.74, 6) is -0.162. The van der Waals surface area contributed by atoms with Gasteiger partial charge in [-0.3, -0.25) is 14.7 Å². The Kier molecular flexibility index (Phi) is 3.26. The van der Waals surface area contributed by atoms with Crippen LogP contribution in [0.15, 0.2) is 60.6 Å². The van der Waals surface area contributed by atoms with Crippen molar-refractivity contribution in [3.63, 3.8) is 0 Å². The van der Waals surface area contributed by atoms with E-state index < -0.39 is 0 Å². The average molecular weight is 281 g/mol. The predicted molar refractivity (Wildman–Crippen MR) is 81.9 cm³/mol. The molecule has 98 valence electrons. The number of anilines is 1. The van der Waals surface area contributed by atoms with Gasteiger partial charge in [0.2, 0.25) is 0 Å². The molecule has 1 aliphatic heterocycles. The van der Waals surface area contributed by atoms with Crippen molar-refractivity contribution >= 4 is 35.0 Å². The van der Waals surface area contributed by atoms with Gasteiger partial charge < -0.3 is 5.32 Å². The number of carbonyl (C=O) groups excluding carboxylic acids is 1. The lowest BCUT2D eigenvalue weighted by atomic mass is 10.2. The van der Waals surface area contributed by atoms with Gasteiger partial charge in [-0.1, -0.05) is 24.3 Å². The molecule has 1 aliphatic rings. The van der Waals surface area contributed by atoms with Crippen molar-refractivity contribution in [3.8, 4) is 0 Å². The highest BCUT2D eigenvalue weighted by atomic mass is 32.1. The van der Waals surface area contributed by atoms with E-state index in [2.05, 4.69) is 10.3 Å². The van der Waals surface area contributed by atoms with Crippen molar-refractivity contribution < 1.29 is 4.79 Å². The highest BCUT2D eigenvalue weighted by Crippen LogP contribution is 2.21. The van der Waals surface area contributed by atoms with E-state index >= 15 is 0 Å². The van der Waals surface area contributed by atoms with Crippen LogP contribution in [-0.4, -0.2) is 16.0 Å². The topological polar surface area (TPSA) is 45.2 Å². The van der Waals surface area contributed by atoms with E-state index in [4.69, 9.17) is 12.2 Å². The number of carbonyl (C=O) groups is 1. The third kappa shape index (κ3) is 2.31. The monoisotopic (exact) mass is 281 g/mol. The molecule has 3 rings (SSSR count). The Labute approximate surface area is 121 Å². The van der Waals surface area contributed by atoms with Gasteiger partial charge in [0, 0.05) is 12.4 Å². The zero-order valence-corrected chi connectivity index (χ0v) is 11.3. The molecular weight excluding hydrogens is 270 g/mol. The zero-order valence-electron chi connectivity index (χ0n) is 10.5. The average Bonchev–Trinajstić information content (AvgIpc) is 2.75. The van der Waals surface area contributed by atoms with E-state index in [0.29, 0.717) is 10.8 Å². The Morgan fingerprint density at radius 3 is 2.65 bits per heavy atom. The number of rotatable bonds is 2. The minimum Gasteiger partial charge on any atom is -0.327 e. The summed E-state index contributed by atoms with van der Waals surface area (Å²) in [6.07, 6.45) is 5.12. The number of hydrogen-bond donors (Lipinski definition) is 1. The molecule has 5 heteroatoms. The van der Waals surface area contributed by atoms with Crippen LogP contribution in [-0.2, 0) is 4.79 Å². The number of nitrogens with one attached hydrogen (secondary N) is 1. The van der Waals surface area contributed by atoms with Crippen LogP contribution in [0, 0.1) is 0 Å². The SMILES string of the molecule is O=C1/C(=C\c2cccnc2)NC(=S)N1c1ccccc1. The molecule has 20 heavy (non-hydrogen) atoms. The fourth-order valence-corrected chi connectivity index (χ4v) is 2.27. The smallest absolute Gasteiger partial charge is 0.281 e. The van der Waals surface area contributed by atoms with Crippen LogP contribution in [0.5, 0.6) is 0 Å². The molecule has 0 bridgehead atoms. The lowest BCUT2D eigenvalue weighted by molar-refractivity contribution is -0.113. The molecule has 1 aromatic carbocycles. The van der Waals surface area contributed by atoms with Crippen molar-refractivity contribution in [3.05, 3.63) is 66.1 Å². The number of pyridine rings is 1. The molecule has 2 aromatic rings. The van der Waals surface area contributed by atoms with Gasteiger partial charge in [-0.15, -0.1) is 0 Å². The summed E-state index contributed by atoms with van der Waals surface area (Å²) in [5, 5.41) is 3.33. The van der Waals surface area contributed by atoms with Crippen molar-refractivity contribution in [1.82, 2.24) is 10.3 Å². The third-order valence-corrected chi connectivity index (χ3v) is 3.17. The first kappa shape index (κ1) is 12.5. The van der Waals surface area contributed by atoms with E-state index in [0.717, 1.165) is 11.3 Å². The van der Waals surface area contributed by atoms with E-state index in [-0.39, 0.29) is 5.91 Å². The molecule has 1 saturated heterocycles. The molecule has 0 aliphatic carbocycles. The summed E-state index contributed by atoms with van der Waals surface area (Å²) >= 11 is 5.23. The van der Waals surface area contributed by atoms with E-state index in [9.17, 15) is 4.79 Å². The van der Waals surface area contributed by atoms with Gasteiger partial charge in [0.15, 0.2) is 5.11 Å². The fraction of sp³-hybridized carbons (Fsp3) is 0. The second-order valence-corrected chi connectivity index (χ2v) is 4.64. The predicted octanol–water partition coefficient (Wildman–Crippen LogP) is 2.34. The zero-order chi connectivity index (χ0) is 13.9. The fourth-order valence-electron chi connectivity index (χ4n) is 1.97. The molecule has 2 heterocycles. The second kappa shape index (κ2) is 5.22. The Balaban J connectivity index is 1.93. The van der Waals surface area contributed by atoms with Crippen molar-refractivity contribution in [2.24, 2.45) is 0 Å². The van der Waals surface area contributed by atoms with Crippen LogP contribution in [0.2, 0.25) is 0 Å². The molecular formula is C15H11N3OS. The van der Waals surface area contributed by atoms with Crippen molar-refractivity contribution in [2.75, 3.05) is 4.90 Å². The first-order valence-electron chi connectivity index (χ1n) is 6.08. The van der Waals surface area contributed by atoms with Gasteiger partial charge in [-0.2, -0.15) is 0 Å². The summed E-state index contributed by atoms with van der Waals surface area (Å²) in [7, 11) is 0. The van der Waals surface area contributed by atoms with Gasteiger partial charge in [0.05, 0.1) is 5.69 Å². The molecule has 0 saturated carbocycles. The first-order valence-corrected chi connectivity index (χ1v) is 6.49. The van der Waals surface area contributed by atoms with Crippen LogP contribution in [0.3, 0.4) is 0 Å². The van der Waals surface area contributed by atoms with Gasteiger partial charge >= 0.3 is 0 Å². The maximum atomic E-state index is 12.4. The lowest BCUT2D eigenvalue weighted by Gasteiger charge is -2.13. The summed E-state index contributed by atoms with van der Waals surface area (Å²) < 4.78 is 0.